The lowest BCUT2D eigenvalue weighted by molar-refractivity contribution is -0.138. The van der Waals surface area contributed by atoms with Gasteiger partial charge in [0.15, 0.2) is 0 Å². The van der Waals surface area contributed by atoms with E-state index in [1.165, 1.54) is 0 Å². The summed E-state index contributed by atoms with van der Waals surface area (Å²) in [6, 6.07) is 9.88. The number of nitrogens with two attached hydrogens (primary N) is 1. The molecule has 3 N–H and O–H groups in total. The highest BCUT2D eigenvalue weighted by Crippen LogP contribution is 2.19. The van der Waals surface area contributed by atoms with Crippen LogP contribution in [0.1, 0.15) is 25.3 Å². The van der Waals surface area contributed by atoms with E-state index >= 15 is 0 Å². The summed E-state index contributed by atoms with van der Waals surface area (Å²) in [6.45, 7) is 4.07. The van der Waals surface area contributed by atoms with Gasteiger partial charge in [0.25, 0.3) is 0 Å². The van der Waals surface area contributed by atoms with E-state index in [4.69, 9.17) is 5.73 Å². The van der Waals surface area contributed by atoms with E-state index in [1.807, 2.05) is 42.2 Å². The van der Waals surface area contributed by atoms with Crippen LogP contribution in [0.5, 0.6) is 0 Å². The zero-order valence-electron chi connectivity index (χ0n) is 13.5. The molecule has 5 nitrogen and oxygen atoms in total. The number of carbonyl (C=O) groups is 2. The van der Waals surface area contributed by atoms with Crippen LogP contribution < -0.4 is 11.1 Å². The number of nitrogens with zero attached hydrogens (tertiary/aromatic N) is 1. The standard InChI is InChI=1S/C17H25N3O2.ClH/c1-13(11-18)17(22)20-9-7-15(8-10-20)16(21)19-12-14-5-3-2-4-6-14;/h2-6,13,15H,7-12,18H2,1H3,(H,19,21);1H. The van der Waals surface area contributed by atoms with Gasteiger partial charge in [-0.2, -0.15) is 0 Å². The molecule has 2 rings (SSSR count). The van der Waals surface area contributed by atoms with Gasteiger partial charge in [0.1, 0.15) is 0 Å². The fraction of sp³-hybridized carbons (Fsp3) is 0.529. The van der Waals surface area contributed by atoms with Crippen molar-refractivity contribution >= 4 is 24.2 Å². The van der Waals surface area contributed by atoms with Crippen molar-refractivity contribution in [2.75, 3.05) is 19.6 Å². The number of hydrogen-bond acceptors (Lipinski definition) is 3. The number of amides is 2. The van der Waals surface area contributed by atoms with Crippen LogP contribution in [-0.4, -0.2) is 36.3 Å². The lowest BCUT2D eigenvalue weighted by Gasteiger charge is -2.32. The van der Waals surface area contributed by atoms with Gasteiger partial charge in [-0.25, -0.2) is 0 Å². The second-order valence-corrected chi connectivity index (χ2v) is 5.94. The summed E-state index contributed by atoms with van der Waals surface area (Å²) in [5, 5.41) is 2.98. The molecule has 1 atom stereocenters. The van der Waals surface area contributed by atoms with E-state index in [1.54, 1.807) is 0 Å². The monoisotopic (exact) mass is 339 g/mol. The normalized spacial score (nSPS) is 16.3. The molecule has 128 valence electrons. The Kier molecular flexibility index (Phi) is 8.06. The molecule has 2 amide bonds. The Bertz CT molecular complexity index is 502. The summed E-state index contributed by atoms with van der Waals surface area (Å²) in [6.07, 6.45) is 1.45. The smallest absolute Gasteiger partial charge is 0.226 e. The van der Waals surface area contributed by atoms with Gasteiger partial charge in [-0.15, -0.1) is 12.4 Å². The minimum Gasteiger partial charge on any atom is -0.352 e. The van der Waals surface area contributed by atoms with Crippen LogP contribution in [0.15, 0.2) is 30.3 Å². The van der Waals surface area contributed by atoms with E-state index < -0.39 is 0 Å². The van der Waals surface area contributed by atoms with Crippen LogP contribution in [0.2, 0.25) is 0 Å². The lowest BCUT2D eigenvalue weighted by Crippen LogP contribution is -2.45. The maximum Gasteiger partial charge on any atom is 0.226 e. The Hall–Kier alpha value is -1.59. The number of benzene rings is 1. The van der Waals surface area contributed by atoms with Crippen LogP contribution in [-0.2, 0) is 16.1 Å². The topological polar surface area (TPSA) is 75.4 Å². The molecule has 23 heavy (non-hydrogen) atoms. The zero-order valence-corrected chi connectivity index (χ0v) is 14.3. The van der Waals surface area contributed by atoms with Gasteiger partial charge in [-0.1, -0.05) is 37.3 Å². The SMILES string of the molecule is CC(CN)C(=O)N1CCC(C(=O)NCc2ccccc2)CC1.Cl. The number of piperidine rings is 1. The van der Waals surface area contributed by atoms with Crippen LogP contribution in [0.4, 0.5) is 0 Å². The third-order valence-corrected chi connectivity index (χ3v) is 4.26. The number of likely N-dealkylation sites (tertiary alicyclic amines) is 1. The fourth-order valence-electron chi connectivity index (χ4n) is 2.70. The first-order valence-corrected chi connectivity index (χ1v) is 7.92. The third-order valence-electron chi connectivity index (χ3n) is 4.26. The van der Waals surface area contributed by atoms with Gasteiger partial charge in [-0.05, 0) is 18.4 Å². The average Bonchev–Trinajstić information content (AvgIpc) is 2.59. The van der Waals surface area contributed by atoms with Crippen LogP contribution in [0, 0.1) is 11.8 Å². The first-order chi connectivity index (χ1) is 10.6. The second kappa shape index (κ2) is 9.53. The minimum atomic E-state index is -0.136. The number of halogens is 1. The Morgan fingerprint density at radius 3 is 2.43 bits per heavy atom. The summed E-state index contributed by atoms with van der Waals surface area (Å²) < 4.78 is 0. The van der Waals surface area contributed by atoms with Crippen molar-refractivity contribution in [3.8, 4) is 0 Å². The van der Waals surface area contributed by atoms with Gasteiger partial charge in [0.05, 0.1) is 0 Å². The molecular weight excluding hydrogens is 314 g/mol. The average molecular weight is 340 g/mol. The molecular formula is C17H26ClN3O2. The van der Waals surface area contributed by atoms with Gasteiger partial charge in [0, 0.05) is 38.0 Å². The molecule has 1 saturated heterocycles. The Balaban J connectivity index is 0.00000264. The molecule has 0 saturated carbocycles. The molecule has 1 aromatic carbocycles. The fourth-order valence-corrected chi connectivity index (χ4v) is 2.70. The third kappa shape index (κ3) is 5.52. The lowest BCUT2D eigenvalue weighted by atomic mass is 9.95. The molecule has 0 radical (unpaired) electrons. The van der Waals surface area contributed by atoms with Gasteiger partial charge < -0.3 is 16.0 Å². The van der Waals surface area contributed by atoms with E-state index in [0.717, 1.165) is 18.4 Å². The van der Waals surface area contributed by atoms with Gasteiger partial charge >= 0.3 is 0 Å². The largest absolute Gasteiger partial charge is 0.352 e. The first-order valence-electron chi connectivity index (χ1n) is 7.92. The highest BCUT2D eigenvalue weighted by atomic mass is 35.5. The predicted octanol–water partition coefficient (Wildman–Crippen LogP) is 1.56. The second-order valence-electron chi connectivity index (χ2n) is 5.94. The first kappa shape index (κ1) is 19.5. The Morgan fingerprint density at radius 2 is 1.87 bits per heavy atom. The molecule has 0 bridgehead atoms. The van der Waals surface area contributed by atoms with Crippen molar-refractivity contribution in [2.45, 2.75) is 26.3 Å². The quantitative estimate of drug-likeness (QED) is 0.854. The highest BCUT2D eigenvalue weighted by molar-refractivity contribution is 5.85. The molecule has 6 heteroatoms. The van der Waals surface area contributed by atoms with Crippen molar-refractivity contribution in [1.29, 1.82) is 0 Å². The molecule has 1 heterocycles. The van der Waals surface area contributed by atoms with Crippen molar-refractivity contribution in [1.82, 2.24) is 10.2 Å². The Labute approximate surface area is 144 Å². The molecule has 1 aliphatic heterocycles. The van der Waals surface area contributed by atoms with Crippen molar-refractivity contribution < 1.29 is 9.59 Å². The van der Waals surface area contributed by atoms with Crippen molar-refractivity contribution in [3.05, 3.63) is 35.9 Å². The maximum atomic E-state index is 12.2. The van der Waals surface area contributed by atoms with Crippen molar-refractivity contribution in [2.24, 2.45) is 17.6 Å². The summed E-state index contributed by atoms with van der Waals surface area (Å²) >= 11 is 0. The Morgan fingerprint density at radius 1 is 1.26 bits per heavy atom. The molecule has 1 fully saturated rings. The van der Waals surface area contributed by atoms with E-state index in [2.05, 4.69) is 5.32 Å². The number of carbonyl (C=O) groups excluding carboxylic acids is 2. The van der Waals surface area contributed by atoms with Gasteiger partial charge in [0.2, 0.25) is 11.8 Å². The molecule has 1 unspecified atom stereocenters. The molecule has 0 spiro atoms. The van der Waals surface area contributed by atoms with Crippen LogP contribution in [0.3, 0.4) is 0 Å². The van der Waals surface area contributed by atoms with E-state index in [0.29, 0.717) is 26.2 Å². The zero-order chi connectivity index (χ0) is 15.9. The number of hydrogen-bond donors (Lipinski definition) is 2. The summed E-state index contributed by atoms with van der Waals surface area (Å²) in [4.78, 5) is 26.1. The minimum absolute atomic E-state index is 0. The summed E-state index contributed by atoms with van der Waals surface area (Å²) in [5.41, 5.74) is 6.64. The number of nitrogens with one attached hydrogen (secondary N) is 1. The molecule has 0 aliphatic carbocycles. The molecule has 1 aliphatic rings. The summed E-state index contributed by atoms with van der Waals surface area (Å²) in [5.74, 6) is 0.0536. The predicted molar refractivity (Wildman–Crippen MR) is 93.1 cm³/mol. The van der Waals surface area contributed by atoms with E-state index in [-0.39, 0.29) is 36.1 Å². The van der Waals surface area contributed by atoms with E-state index in [9.17, 15) is 9.59 Å². The van der Waals surface area contributed by atoms with Crippen molar-refractivity contribution in [3.63, 3.8) is 0 Å². The van der Waals surface area contributed by atoms with Crippen LogP contribution in [0.25, 0.3) is 0 Å². The summed E-state index contributed by atoms with van der Waals surface area (Å²) in [7, 11) is 0. The van der Waals surface area contributed by atoms with Crippen LogP contribution >= 0.6 is 12.4 Å². The maximum absolute atomic E-state index is 12.2. The van der Waals surface area contributed by atoms with Gasteiger partial charge in [-0.3, -0.25) is 9.59 Å². The number of rotatable bonds is 5. The molecule has 0 aromatic heterocycles. The highest BCUT2D eigenvalue weighted by Gasteiger charge is 2.28. The molecule has 1 aromatic rings.